The number of carboxylic acids is 4. The van der Waals surface area contributed by atoms with Crippen molar-refractivity contribution >= 4 is 29.8 Å². The zero-order valence-electron chi connectivity index (χ0n) is 18.1. The van der Waals surface area contributed by atoms with E-state index in [2.05, 4.69) is 6.92 Å². The third kappa shape index (κ3) is 12.6. The lowest BCUT2D eigenvalue weighted by atomic mass is 10.0. The molecule has 0 aliphatic carbocycles. The van der Waals surface area contributed by atoms with Crippen LogP contribution >= 0.6 is 0 Å². The lowest BCUT2D eigenvalue weighted by Crippen LogP contribution is -2.54. The summed E-state index contributed by atoms with van der Waals surface area (Å²) in [7, 11) is 0. The van der Waals surface area contributed by atoms with E-state index in [1.165, 1.54) is 19.3 Å². The largest absolute Gasteiger partial charge is 0.481 e. The predicted molar refractivity (Wildman–Crippen MR) is 111 cm³/mol. The number of amides is 1. The summed E-state index contributed by atoms with van der Waals surface area (Å²) in [5, 5.41) is 36.7. The smallest absolute Gasteiger partial charge is 0.327 e. The molecule has 0 saturated carbocycles. The Labute approximate surface area is 182 Å². The molecule has 0 heterocycles. The van der Waals surface area contributed by atoms with Crippen LogP contribution < -0.4 is 0 Å². The maximum absolute atomic E-state index is 12.7. The number of nitrogens with zero attached hydrogens (tertiary/aromatic N) is 1. The van der Waals surface area contributed by atoms with Crippen LogP contribution in [0.3, 0.4) is 0 Å². The summed E-state index contributed by atoms with van der Waals surface area (Å²) in [6.45, 7) is 2.14. The average molecular weight is 446 g/mol. The van der Waals surface area contributed by atoms with Crippen molar-refractivity contribution in [3.63, 3.8) is 0 Å². The maximum Gasteiger partial charge on any atom is 0.327 e. The molecule has 31 heavy (non-hydrogen) atoms. The van der Waals surface area contributed by atoms with Gasteiger partial charge in [-0.15, -0.1) is 0 Å². The highest BCUT2D eigenvalue weighted by Gasteiger charge is 2.39. The van der Waals surface area contributed by atoms with Crippen molar-refractivity contribution in [3.8, 4) is 0 Å². The number of carbonyl (C=O) groups excluding carboxylic acids is 1. The molecule has 1 amide bonds. The lowest BCUT2D eigenvalue weighted by Gasteiger charge is -2.33. The summed E-state index contributed by atoms with van der Waals surface area (Å²) < 4.78 is 0. The van der Waals surface area contributed by atoms with Gasteiger partial charge in [-0.1, -0.05) is 58.3 Å². The van der Waals surface area contributed by atoms with Gasteiger partial charge < -0.3 is 25.3 Å². The molecule has 0 aromatic rings. The monoisotopic (exact) mass is 445 g/mol. The molecule has 0 bridgehead atoms. The molecule has 178 valence electrons. The Kier molecular flexibility index (Phi) is 14.7. The van der Waals surface area contributed by atoms with Crippen LogP contribution in [0.25, 0.3) is 0 Å². The first-order chi connectivity index (χ1) is 14.6. The summed E-state index contributed by atoms with van der Waals surface area (Å²) in [4.78, 5) is 58.5. The molecule has 2 atom stereocenters. The molecule has 1 unspecified atom stereocenters. The SMILES string of the molecule is CCCCCCCCCCCC(=O)N(C(CC(=O)O)C(=O)O)[C@@H](CCC(=O)O)C(=O)O. The molecule has 10 nitrogen and oxygen atoms in total. The molecule has 0 aliphatic rings. The Balaban J connectivity index is 5.07. The minimum absolute atomic E-state index is 0.129. The van der Waals surface area contributed by atoms with Gasteiger partial charge in [-0.05, 0) is 12.8 Å². The second kappa shape index (κ2) is 16.1. The van der Waals surface area contributed by atoms with E-state index < -0.39 is 61.1 Å². The Hall–Kier alpha value is -2.65. The minimum atomic E-state index is -1.89. The third-order valence-electron chi connectivity index (χ3n) is 5.02. The van der Waals surface area contributed by atoms with Gasteiger partial charge in [-0.3, -0.25) is 14.4 Å². The fourth-order valence-electron chi connectivity index (χ4n) is 3.39. The first-order valence-electron chi connectivity index (χ1n) is 10.8. The van der Waals surface area contributed by atoms with Crippen molar-refractivity contribution in [1.82, 2.24) is 4.90 Å². The molecule has 0 radical (unpaired) electrons. The Morgan fingerprint density at radius 2 is 1.13 bits per heavy atom. The van der Waals surface area contributed by atoms with Crippen LogP contribution in [0, 0.1) is 0 Å². The highest BCUT2D eigenvalue weighted by Crippen LogP contribution is 2.19. The van der Waals surface area contributed by atoms with Crippen LogP contribution in [0.4, 0.5) is 0 Å². The van der Waals surface area contributed by atoms with Crippen LogP contribution in [0.1, 0.15) is 90.4 Å². The van der Waals surface area contributed by atoms with Gasteiger partial charge >= 0.3 is 23.9 Å². The van der Waals surface area contributed by atoms with Crippen LogP contribution in [0.5, 0.6) is 0 Å². The quantitative estimate of drug-likeness (QED) is 0.218. The summed E-state index contributed by atoms with van der Waals surface area (Å²) in [6, 6.07) is -3.62. The Morgan fingerprint density at radius 3 is 1.55 bits per heavy atom. The van der Waals surface area contributed by atoms with E-state index in [0.717, 1.165) is 25.7 Å². The maximum atomic E-state index is 12.7. The standard InChI is InChI=1S/C21H35NO9/c1-2-3-4-5-6-7-8-9-10-11-17(23)22(16(21(30)31)14-19(26)27)15(20(28)29)12-13-18(24)25/h15-16H,2-14H2,1H3,(H,24,25)(H,26,27)(H,28,29)(H,30,31)/t15-,16?/m0/s1. The molecular formula is C21H35NO9. The van der Waals surface area contributed by atoms with E-state index in [9.17, 15) is 34.2 Å². The number of unbranched alkanes of at least 4 members (excludes halogenated alkanes) is 8. The topological polar surface area (TPSA) is 170 Å². The fraction of sp³-hybridized carbons (Fsp3) is 0.762. The van der Waals surface area contributed by atoms with Gasteiger partial charge in [0.15, 0.2) is 0 Å². The first-order valence-corrected chi connectivity index (χ1v) is 10.8. The first kappa shape index (κ1) is 28.4. The zero-order valence-corrected chi connectivity index (χ0v) is 18.1. The van der Waals surface area contributed by atoms with Gasteiger partial charge in [0.2, 0.25) is 5.91 Å². The van der Waals surface area contributed by atoms with Crippen molar-refractivity contribution in [2.45, 2.75) is 102 Å². The van der Waals surface area contributed by atoms with Crippen molar-refractivity contribution in [1.29, 1.82) is 0 Å². The molecule has 0 saturated heterocycles. The van der Waals surface area contributed by atoms with Crippen molar-refractivity contribution in [2.24, 2.45) is 0 Å². The van der Waals surface area contributed by atoms with Gasteiger partial charge in [-0.2, -0.15) is 0 Å². The van der Waals surface area contributed by atoms with E-state index in [4.69, 9.17) is 10.2 Å². The normalized spacial score (nSPS) is 12.7. The van der Waals surface area contributed by atoms with Crippen LogP contribution in [0.15, 0.2) is 0 Å². The summed E-state index contributed by atoms with van der Waals surface area (Å²) in [5.41, 5.74) is 0. The molecule has 0 aromatic heterocycles. The molecule has 0 spiro atoms. The van der Waals surface area contributed by atoms with Crippen LogP contribution in [0.2, 0.25) is 0 Å². The van der Waals surface area contributed by atoms with Crippen molar-refractivity contribution < 1.29 is 44.4 Å². The van der Waals surface area contributed by atoms with E-state index in [1.807, 2.05) is 0 Å². The number of aliphatic carboxylic acids is 4. The van der Waals surface area contributed by atoms with E-state index in [-0.39, 0.29) is 6.42 Å². The average Bonchev–Trinajstić information content (AvgIpc) is 2.67. The van der Waals surface area contributed by atoms with E-state index >= 15 is 0 Å². The fourth-order valence-corrected chi connectivity index (χ4v) is 3.39. The van der Waals surface area contributed by atoms with Crippen molar-refractivity contribution in [3.05, 3.63) is 0 Å². The third-order valence-corrected chi connectivity index (χ3v) is 5.02. The molecule has 10 heteroatoms. The summed E-state index contributed by atoms with van der Waals surface area (Å²) in [6.07, 6.45) is 6.60. The second-order valence-corrected chi connectivity index (χ2v) is 7.62. The van der Waals surface area contributed by atoms with E-state index in [0.29, 0.717) is 17.7 Å². The van der Waals surface area contributed by atoms with Crippen LogP contribution in [-0.4, -0.2) is 67.2 Å². The lowest BCUT2D eigenvalue weighted by molar-refractivity contribution is -0.163. The van der Waals surface area contributed by atoms with Gasteiger partial charge in [0.1, 0.15) is 12.1 Å². The molecular weight excluding hydrogens is 410 g/mol. The summed E-state index contributed by atoms with van der Waals surface area (Å²) in [5.74, 6) is -6.82. The molecule has 0 rings (SSSR count). The predicted octanol–water partition coefficient (Wildman–Crippen LogP) is 2.98. The van der Waals surface area contributed by atoms with Gasteiger partial charge in [0.05, 0.1) is 6.42 Å². The number of rotatable bonds is 19. The number of hydrogen-bond acceptors (Lipinski definition) is 5. The Bertz CT molecular complexity index is 606. The number of carboxylic acid groups (broad SMARTS) is 4. The van der Waals surface area contributed by atoms with Gasteiger partial charge in [0.25, 0.3) is 0 Å². The van der Waals surface area contributed by atoms with Gasteiger partial charge in [-0.25, -0.2) is 9.59 Å². The second-order valence-electron chi connectivity index (χ2n) is 7.62. The molecule has 0 aliphatic heterocycles. The van der Waals surface area contributed by atoms with E-state index in [1.54, 1.807) is 0 Å². The highest BCUT2D eigenvalue weighted by molar-refractivity contribution is 5.90. The molecule has 4 N–H and O–H groups in total. The summed E-state index contributed by atoms with van der Waals surface area (Å²) >= 11 is 0. The Morgan fingerprint density at radius 1 is 0.645 bits per heavy atom. The number of hydrogen-bond donors (Lipinski definition) is 4. The molecule has 0 aromatic carbocycles. The minimum Gasteiger partial charge on any atom is -0.481 e. The molecule has 0 fully saturated rings. The van der Waals surface area contributed by atoms with Crippen LogP contribution in [-0.2, 0) is 24.0 Å². The number of carbonyl (C=O) groups is 5. The zero-order chi connectivity index (χ0) is 23.8. The van der Waals surface area contributed by atoms with Crippen molar-refractivity contribution in [2.75, 3.05) is 0 Å². The van der Waals surface area contributed by atoms with Gasteiger partial charge in [0, 0.05) is 12.8 Å². The highest BCUT2D eigenvalue weighted by atomic mass is 16.4.